The fourth-order valence-corrected chi connectivity index (χ4v) is 2.51. The van der Waals surface area contributed by atoms with Gasteiger partial charge < -0.3 is 19.7 Å². The van der Waals surface area contributed by atoms with Crippen molar-refractivity contribution < 1.29 is 14.3 Å². The number of nitrogens with zero attached hydrogens (tertiary/aromatic N) is 2. The Labute approximate surface area is 134 Å². The average Bonchev–Trinajstić information content (AvgIpc) is 3.16. The van der Waals surface area contributed by atoms with E-state index in [0.717, 1.165) is 22.6 Å². The van der Waals surface area contributed by atoms with Crippen LogP contribution in [0.25, 0.3) is 0 Å². The Bertz CT molecular complexity index is 698. The molecule has 1 aromatic heterocycles. The Hall–Kier alpha value is -2.38. The molecule has 0 atom stereocenters. The van der Waals surface area contributed by atoms with Crippen molar-refractivity contribution in [2.75, 3.05) is 19.5 Å². The molecule has 1 aliphatic rings. The number of aromatic nitrogens is 2. The van der Waals surface area contributed by atoms with Gasteiger partial charge >= 0.3 is 6.03 Å². The van der Waals surface area contributed by atoms with E-state index in [-0.39, 0.29) is 6.03 Å². The maximum absolute atomic E-state index is 12.3. The number of aromatic amines is 1. The van der Waals surface area contributed by atoms with Gasteiger partial charge in [-0.1, -0.05) is 6.07 Å². The number of methoxy groups -OCH3 is 1. The minimum atomic E-state index is -0.174. The Morgan fingerprint density at radius 3 is 3.04 bits per heavy atom. The molecule has 2 aromatic rings. The number of H-pyrrole nitrogens is 1. The summed E-state index contributed by atoms with van der Waals surface area (Å²) in [6.07, 6.45) is 0. The van der Waals surface area contributed by atoms with Gasteiger partial charge in [-0.15, -0.1) is 0 Å². The Morgan fingerprint density at radius 1 is 1.39 bits per heavy atom. The number of benzene rings is 1. The number of carbonyl (C=O) groups excluding carboxylic acids is 1. The molecule has 3 rings (SSSR count). The summed E-state index contributed by atoms with van der Waals surface area (Å²) >= 11 is 0. The predicted molar refractivity (Wildman–Crippen MR) is 84.7 cm³/mol. The first kappa shape index (κ1) is 15.5. The van der Waals surface area contributed by atoms with Crippen LogP contribution in [-0.4, -0.2) is 35.3 Å². The number of hydrogen-bond acceptors (Lipinski definition) is 4. The molecule has 1 aliphatic heterocycles. The molecule has 0 saturated heterocycles. The van der Waals surface area contributed by atoms with Gasteiger partial charge in [0.2, 0.25) is 0 Å². The second-order valence-electron chi connectivity index (χ2n) is 5.58. The van der Waals surface area contributed by atoms with Crippen molar-refractivity contribution in [1.82, 2.24) is 15.1 Å². The zero-order valence-corrected chi connectivity index (χ0v) is 13.3. The molecule has 2 amide bonds. The number of urea groups is 1. The van der Waals surface area contributed by atoms with Gasteiger partial charge in [-0.3, -0.25) is 5.10 Å². The van der Waals surface area contributed by atoms with Crippen LogP contribution in [0.3, 0.4) is 0 Å². The molecule has 0 fully saturated rings. The lowest BCUT2D eigenvalue weighted by atomic mass is 10.1. The van der Waals surface area contributed by atoms with Crippen LogP contribution < -0.4 is 5.32 Å². The quantitative estimate of drug-likeness (QED) is 0.886. The normalized spacial score (nSPS) is 13.0. The fourth-order valence-electron chi connectivity index (χ4n) is 2.51. The summed E-state index contributed by atoms with van der Waals surface area (Å²) in [6, 6.07) is 7.56. The minimum Gasteiger partial charge on any atom is -0.378 e. The molecular formula is C16H20N4O3. The summed E-state index contributed by atoms with van der Waals surface area (Å²) in [4.78, 5) is 13.9. The van der Waals surface area contributed by atoms with Crippen LogP contribution in [0.15, 0.2) is 24.3 Å². The van der Waals surface area contributed by atoms with Crippen LogP contribution in [0.4, 0.5) is 10.5 Å². The van der Waals surface area contributed by atoms with Gasteiger partial charge in [0.15, 0.2) is 0 Å². The average molecular weight is 316 g/mol. The highest BCUT2D eigenvalue weighted by Gasteiger charge is 2.14. The van der Waals surface area contributed by atoms with E-state index in [9.17, 15) is 4.79 Å². The second kappa shape index (κ2) is 6.80. The Morgan fingerprint density at radius 2 is 2.22 bits per heavy atom. The first-order chi connectivity index (χ1) is 11.2. The third-order valence-corrected chi connectivity index (χ3v) is 3.70. The van der Waals surface area contributed by atoms with E-state index in [4.69, 9.17) is 9.47 Å². The third-order valence-electron chi connectivity index (χ3n) is 3.70. The van der Waals surface area contributed by atoms with Crippen molar-refractivity contribution in [1.29, 1.82) is 0 Å². The topological polar surface area (TPSA) is 79.5 Å². The van der Waals surface area contributed by atoms with Gasteiger partial charge in [-0.25, -0.2) is 4.79 Å². The van der Waals surface area contributed by atoms with Crippen molar-refractivity contribution in [2.24, 2.45) is 0 Å². The molecule has 1 aromatic carbocycles. The van der Waals surface area contributed by atoms with Gasteiger partial charge in [0.1, 0.15) is 0 Å². The fraction of sp³-hybridized carbons (Fsp3) is 0.375. The SMILES string of the molecule is COCc1cc(CN(C)C(=O)Nc2ccc3c(c2)COC3)[nH]n1. The number of fused-ring (bicyclic) bond motifs is 1. The van der Waals surface area contributed by atoms with Crippen LogP contribution in [0.2, 0.25) is 0 Å². The zero-order valence-electron chi connectivity index (χ0n) is 13.3. The molecule has 0 radical (unpaired) electrons. The molecular weight excluding hydrogens is 296 g/mol. The Balaban J connectivity index is 1.58. The standard InChI is InChI=1S/C16H20N4O3/c1-20(7-14-6-15(10-22-2)19-18-14)16(21)17-13-4-3-11-8-23-9-12(11)5-13/h3-6H,7-10H2,1-2H3,(H,17,21)(H,18,19). The zero-order chi connectivity index (χ0) is 16.2. The smallest absolute Gasteiger partial charge is 0.321 e. The lowest BCUT2D eigenvalue weighted by molar-refractivity contribution is 0.134. The van der Waals surface area contributed by atoms with Crippen molar-refractivity contribution in [3.05, 3.63) is 46.8 Å². The second-order valence-corrected chi connectivity index (χ2v) is 5.58. The van der Waals surface area contributed by atoms with Gasteiger partial charge in [0.05, 0.1) is 37.8 Å². The molecule has 7 nitrogen and oxygen atoms in total. The number of carbonyl (C=O) groups is 1. The van der Waals surface area contributed by atoms with Crippen LogP contribution in [-0.2, 0) is 35.8 Å². The number of amides is 2. The summed E-state index contributed by atoms with van der Waals surface area (Å²) < 4.78 is 10.4. The van der Waals surface area contributed by atoms with E-state index in [1.54, 1.807) is 19.1 Å². The highest BCUT2D eigenvalue weighted by molar-refractivity contribution is 5.89. The summed E-state index contributed by atoms with van der Waals surface area (Å²) in [5.74, 6) is 0. The number of nitrogens with one attached hydrogen (secondary N) is 2. The van der Waals surface area contributed by atoms with E-state index in [1.165, 1.54) is 5.56 Å². The van der Waals surface area contributed by atoms with E-state index in [2.05, 4.69) is 15.5 Å². The molecule has 0 saturated carbocycles. The molecule has 0 unspecified atom stereocenters. The monoisotopic (exact) mass is 316 g/mol. The van der Waals surface area contributed by atoms with Gasteiger partial charge in [0, 0.05) is 19.8 Å². The Kier molecular flexibility index (Phi) is 4.59. The van der Waals surface area contributed by atoms with E-state index in [1.807, 2.05) is 24.3 Å². The van der Waals surface area contributed by atoms with Crippen molar-refractivity contribution in [3.63, 3.8) is 0 Å². The number of ether oxygens (including phenoxy) is 2. The van der Waals surface area contributed by atoms with Crippen molar-refractivity contribution in [3.8, 4) is 0 Å². The summed E-state index contributed by atoms with van der Waals surface area (Å²) in [6.45, 7) is 2.14. The summed E-state index contributed by atoms with van der Waals surface area (Å²) in [5, 5.41) is 9.92. The molecule has 2 heterocycles. The van der Waals surface area contributed by atoms with E-state index < -0.39 is 0 Å². The van der Waals surface area contributed by atoms with Gasteiger partial charge in [-0.2, -0.15) is 5.10 Å². The highest BCUT2D eigenvalue weighted by Crippen LogP contribution is 2.23. The van der Waals surface area contributed by atoms with Gasteiger partial charge in [-0.05, 0) is 29.3 Å². The van der Waals surface area contributed by atoms with Crippen LogP contribution in [0.1, 0.15) is 22.5 Å². The summed E-state index contributed by atoms with van der Waals surface area (Å²) in [5.41, 5.74) is 4.76. The molecule has 0 bridgehead atoms. The summed E-state index contributed by atoms with van der Waals surface area (Å²) in [7, 11) is 3.36. The first-order valence-corrected chi connectivity index (χ1v) is 7.39. The number of anilines is 1. The molecule has 0 aliphatic carbocycles. The van der Waals surface area contributed by atoms with Crippen LogP contribution in [0.5, 0.6) is 0 Å². The maximum Gasteiger partial charge on any atom is 0.321 e. The van der Waals surface area contributed by atoms with Crippen LogP contribution in [0, 0.1) is 0 Å². The molecule has 2 N–H and O–H groups in total. The van der Waals surface area contributed by atoms with E-state index in [0.29, 0.717) is 26.4 Å². The molecule has 0 spiro atoms. The number of hydrogen-bond donors (Lipinski definition) is 2. The number of rotatable bonds is 5. The van der Waals surface area contributed by atoms with Crippen LogP contribution >= 0.6 is 0 Å². The maximum atomic E-state index is 12.3. The first-order valence-electron chi connectivity index (χ1n) is 7.39. The van der Waals surface area contributed by atoms with Gasteiger partial charge in [0.25, 0.3) is 0 Å². The third kappa shape index (κ3) is 3.69. The predicted octanol–water partition coefficient (Wildman–Crippen LogP) is 2.25. The van der Waals surface area contributed by atoms with Crippen molar-refractivity contribution >= 4 is 11.7 Å². The lowest BCUT2D eigenvalue weighted by Crippen LogP contribution is -2.31. The minimum absolute atomic E-state index is 0.174. The van der Waals surface area contributed by atoms with E-state index >= 15 is 0 Å². The molecule has 7 heteroatoms. The lowest BCUT2D eigenvalue weighted by Gasteiger charge is -2.17. The largest absolute Gasteiger partial charge is 0.378 e. The highest BCUT2D eigenvalue weighted by atomic mass is 16.5. The molecule has 122 valence electrons. The van der Waals surface area contributed by atoms with Crippen molar-refractivity contribution in [2.45, 2.75) is 26.4 Å². The molecule has 23 heavy (non-hydrogen) atoms.